The minimum Gasteiger partial charge on any atom is -0.306 e. The van der Waals surface area contributed by atoms with Crippen LogP contribution in [0.5, 0.6) is 0 Å². The SMILES string of the molecule is C=CC(C)C(C)C(CCC)CN(C)CC(C)C. The number of allylic oxidation sites excluding steroid dienone is 1. The van der Waals surface area contributed by atoms with Gasteiger partial charge < -0.3 is 4.90 Å². The minimum atomic E-state index is 0.624. The van der Waals surface area contributed by atoms with Crippen molar-refractivity contribution in [3.8, 4) is 0 Å². The standard InChI is InChI=1S/C16H33N/c1-8-10-16(15(6)14(5)9-2)12-17(7)11-13(3)4/h9,13-16H,2,8,10-12H2,1,3-7H3. The second-order valence-corrected chi connectivity index (χ2v) is 6.12. The predicted molar refractivity (Wildman–Crippen MR) is 79.3 cm³/mol. The first-order valence-electron chi connectivity index (χ1n) is 7.23. The quantitative estimate of drug-likeness (QED) is 0.537. The second-order valence-electron chi connectivity index (χ2n) is 6.12. The Morgan fingerprint density at radius 3 is 2.12 bits per heavy atom. The Morgan fingerprint density at radius 1 is 1.12 bits per heavy atom. The summed E-state index contributed by atoms with van der Waals surface area (Å²) in [6.45, 7) is 17.9. The lowest BCUT2D eigenvalue weighted by molar-refractivity contribution is 0.182. The molecule has 102 valence electrons. The highest BCUT2D eigenvalue weighted by Crippen LogP contribution is 2.26. The van der Waals surface area contributed by atoms with Crippen LogP contribution in [0, 0.1) is 23.7 Å². The van der Waals surface area contributed by atoms with Crippen LogP contribution in [0.4, 0.5) is 0 Å². The van der Waals surface area contributed by atoms with Gasteiger partial charge in [-0.1, -0.05) is 47.1 Å². The van der Waals surface area contributed by atoms with Crippen molar-refractivity contribution in [2.24, 2.45) is 23.7 Å². The van der Waals surface area contributed by atoms with E-state index in [1.54, 1.807) is 0 Å². The summed E-state index contributed by atoms with van der Waals surface area (Å²) in [5.74, 6) is 2.92. The van der Waals surface area contributed by atoms with Gasteiger partial charge in [-0.2, -0.15) is 0 Å². The molecule has 0 aliphatic rings. The zero-order valence-corrected chi connectivity index (χ0v) is 12.9. The molecule has 0 aromatic heterocycles. The monoisotopic (exact) mass is 239 g/mol. The number of hydrogen-bond donors (Lipinski definition) is 0. The average molecular weight is 239 g/mol. The number of hydrogen-bond acceptors (Lipinski definition) is 1. The molecule has 0 radical (unpaired) electrons. The summed E-state index contributed by atoms with van der Waals surface area (Å²) in [6.07, 6.45) is 4.73. The highest BCUT2D eigenvalue weighted by Gasteiger charge is 2.21. The van der Waals surface area contributed by atoms with E-state index in [0.717, 1.165) is 17.8 Å². The fourth-order valence-electron chi connectivity index (χ4n) is 2.63. The van der Waals surface area contributed by atoms with Crippen LogP contribution in [0.1, 0.15) is 47.5 Å². The van der Waals surface area contributed by atoms with Crippen LogP contribution >= 0.6 is 0 Å². The lowest BCUT2D eigenvalue weighted by atomic mass is 9.81. The van der Waals surface area contributed by atoms with E-state index in [0.29, 0.717) is 5.92 Å². The largest absolute Gasteiger partial charge is 0.306 e. The van der Waals surface area contributed by atoms with Gasteiger partial charge in [0.15, 0.2) is 0 Å². The van der Waals surface area contributed by atoms with Crippen molar-refractivity contribution in [1.29, 1.82) is 0 Å². The van der Waals surface area contributed by atoms with Crippen molar-refractivity contribution in [3.05, 3.63) is 12.7 Å². The molecule has 0 spiro atoms. The molecule has 0 rings (SSSR count). The first kappa shape index (κ1) is 16.7. The van der Waals surface area contributed by atoms with Gasteiger partial charge in [0, 0.05) is 13.1 Å². The minimum absolute atomic E-state index is 0.624. The van der Waals surface area contributed by atoms with Crippen LogP contribution in [-0.2, 0) is 0 Å². The maximum atomic E-state index is 3.94. The lowest BCUT2D eigenvalue weighted by Gasteiger charge is -2.31. The molecule has 0 amide bonds. The van der Waals surface area contributed by atoms with E-state index in [1.165, 1.54) is 25.9 Å². The molecular formula is C16H33N. The topological polar surface area (TPSA) is 3.24 Å². The van der Waals surface area contributed by atoms with Gasteiger partial charge in [-0.25, -0.2) is 0 Å². The first-order chi connectivity index (χ1) is 7.92. The molecule has 1 nitrogen and oxygen atoms in total. The summed E-state index contributed by atoms with van der Waals surface area (Å²) < 4.78 is 0. The summed E-state index contributed by atoms with van der Waals surface area (Å²) in [6, 6.07) is 0. The van der Waals surface area contributed by atoms with Crippen LogP contribution in [0.2, 0.25) is 0 Å². The van der Waals surface area contributed by atoms with Crippen LogP contribution in [0.25, 0.3) is 0 Å². The van der Waals surface area contributed by atoms with Crippen LogP contribution in [0.15, 0.2) is 12.7 Å². The molecule has 0 bridgehead atoms. The van der Waals surface area contributed by atoms with Gasteiger partial charge in [0.25, 0.3) is 0 Å². The molecule has 3 unspecified atom stereocenters. The predicted octanol–water partition coefficient (Wildman–Crippen LogP) is 4.45. The Kier molecular flexibility index (Phi) is 8.59. The highest BCUT2D eigenvalue weighted by molar-refractivity contribution is 4.84. The first-order valence-corrected chi connectivity index (χ1v) is 7.23. The second kappa shape index (κ2) is 8.74. The molecule has 0 saturated carbocycles. The summed E-state index contributed by atoms with van der Waals surface area (Å²) in [5, 5.41) is 0. The van der Waals surface area contributed by atoms with Crippen LogP contribution in [-0.4, -0.2) is 25.0 Å². The van der Waals surface area contributed by atoms with Gasteiger partial charge >= 0.3 is 0 Å². The Bertz CT molecular complexity index is 198. The van der Waals surface area contributed by atoms with Crippen molar-refractivity contribution in [2.45, 2.75) is 47.5 Å². The smallest absolute Gasteiger partial charge is 0.000948 e. The molecule has 17 heavy (non-hydrogen) atoms. The van der Waals surface area contributed by atoms with E-state index in [9.17, 15) is 0 Å². The summed E-state index contributed by atoms with van der Waals surface area (Å²) in [7, 11) is 2.26. The molecule has 0 heterocycles. The molecule has 0 saturated heterocycles. The molecule has 3 atom stereocenters. The van der Waals surface area contributed by atoms with Crippen molar-refractivity contribution in [1.82, 2.24) is 4.90 Å². The van der Waals surface area contributed by atoms with Gasteiger partial charge in [0.05, 0.1) is 0 Å². The van der Waals surface area contributed by atoms with Crippen LogP contribution in [0.3, 0.4) is 0 Å². The summed E-state index contributed by atoms with van der Waals surface area (Å²) >= 11 is 0. The Labute approximate surface area is 109 Å². The zero-order chi connectivity index (χ0) is 13.4. The molecule has 0 fully saturated rings. The zero-order valence-electron chi connectivity index (χ0n) is 12.9. The Morgan fingerprint density at radius 2 is 1.71 bits per heavy atom. The van der Waals surface area contributed by atoms with Crippen molar-refractivity contribution < 1.29 is 0 Å². The van der Waals surface area contributed by atoms with E-state index in [4.69, 9.17) is 0 Å². The number of rotatable bonds is 9. The molecule has 1 heteroatoms. The van der Waals surface area contributed by atoms with Gasteiger partial charge in [-0.05, 0) is 37.1 Å². The fraction of sp³-hybridized carbons (Fsp3) is 0.875. The third kappa shape index (κ3) is 6.88. The maximum Gasteiger partial charge on any atom is 0.000948 e. The fourth-order valence-corrected chi connectivity index (χ4v) is 2.63. The van der Waals surface area contributed by atoms with Crippen LogP contribution < -0.4 is 0 Å². The molecule has 0 aliphatic heterocycles. The molecule has 0 aliphatic carbocycles. The van der Waals surface area contributed by atoms with E-state index >= 15 is 0 Å². The van der Waals surface area contributed by atoms with Crippen molar-refractivity contribution in [3.63, 3.8) is 0 Å². The van der Waals surface area contributed by atoms with Gasteiger partial charge in [-0.15, -0.1) is 6.58 Å². The molecule has 0 aromatic carbocycles. The maximum absolute atomic E-state index is 3.94. The van der Waals surface area contributed by atoms with Crippen molar-refractivity contribution >= 4 is 0 Å². The summed E-state index contributed by atoms with van der Waals surface area (Å²) in [5.41, 5.74) is 0. The van der Waals surface area contributed by atoms with E-state index < -0.39 is 0 Å². The average Bonchev–Trinajstić information content (AvgIpc) is 2.25. The third-order valence-electron chi connectivity index (χ3n) is 3.83. The molecular weight excluding hydrogens is 206 g/mol. The lowest BCUT2D eigenvalue weighted by Crippen LogP contribution is -2.33. The Balaban J connectivity index is 4.35. The Hall–Kier alpha value is -0.300. The molecule has 0 aromatic rings. The molecule has 0 N–H and O–H groups in total. The number of nitrogens with zero attached hydrogens (tertiary/aromatic N) is 1. The third-order valence-corrected chi connectivity index (χ3v) is 3.83. The van der Waals surface area contributed by atoms with Gasteiger partial charge in [0.2, 0.25) is 0 Å². The van der Waals surface area contributed by atoms with E-state index in [-0.39, 0.29) is 0 Å². The van der Waals surface area contributed by atoms with E-state index in [1.807, 2.05) is 0 Å². The summed E-state index contributed by atoms with van der Waals surface area (Å²) in [4.78, 5) is 2.50. The van der Waals surface area contributed by atoms with E-state index in [2.05, 4.69) is 59.2 Å². The van der Waals surface area contributed by atoms with Gasteiger partial charge in [0.1, 0.15) is 0 Å². The normalized spacial score (nSPS) is 17.2. The van der Waals surface area contributed by atoms with Crippen molar-refractivity contribution in [2.75, 3.05) is 20.1 Å². The van der Waals surface area contributed by atoms with Gasteiger partial charge in [-0.3, -0.25) is 0 Å². The highest BCUT2D eigenvalue weighted by atomic mass is 15.1.